The lowest BCUT2D eigenvalue weighted by atomic mass is 10.1. The van der Waals surface area contributed by atoms with Crippen molar-refractivity contribution in [3.63, 3.8) is 0 Å². The Kier molecular flexibility index (Phi) is 4.18. The Bertz CT molecular complexity index is 552. The van der Waals surface area contributed by atoms with Crippen molar-refractivity contribution in [1.29, 1.82) is 0 Å². The minimum atomic E-state index is 0.161. The molecule has 0 fully saturated rings. The van der Waals surface area contributed by atoms with Gasteiger partial charge in [0.05, 0.1) is 0 Å². The Morgan fingerprint density at radius 2 is 1.33 bits per heavy atom. The van der Waals surface area contributed by atoms with Crippen molar-refractivity contribution < 1.29 is 5.11 Å². The van der Waals surface area contributed by atoms with Crippen molar-refractivity contribution in [2.75, 3.05) is 0 Å². The predicted octanol–water partition coefficient (Wildman–Crippen LogP) is 5.52. The summed E-state index contributed by atoms with van der Waals surface area (Å²) >= 11 is 17.8. The van der Waals surface area contributed by atoms with Gasteiger partial charge in [-0.25, -0.2) is 0 Å². The molecule has 4 heteroatoms. The SMILES string of the molecule is Oc1ccc(Cl)cc1/C=C/c1cc(Cl)ccc1Cl. The summed E-state index contributed by atoms with van der Waals surface area (Å²) in [6, 6.07) is 10.0. The molecule has 0 saturated heterocycles. The molecule has 0 aliphatic heterocycles. The van der Waals surface area contributed by atoms with Crippen molar-refractivity contribution in [2.24, 2.45) is 0 Å². The maximum absolute atomic E-state index is 9.67. The lowest BCUT2D eigenvalue weighted by Crippen LogP contribution is -1.77. The summed E-state index contributed by atoms with van der Waals surface area (Å²) in [6.45, 7) is 0. The topological polar surface area (TPSA) is 20.2 Å². The van der Waals surface area contributed by atoms with Gasteiger partial charge in [0.25, 0.3) is 0 Å². The van der Waals surface area contributed by atoms with Gasteiger partial charge in [-0.2, -0.15) is 0 Å². The molecule has 1 N–H and O–H groups in total. The number of phenols is 1. The molecule has 0 radical (unpaired) electrons. The highest BCUT2D eigenvalue weighted by atomic mass is 35.5. The summed E-state index contributed by atoms with van der Waals surface area (Å²) in [6.07, 6.45) is 3.51. The van der Waals surface area contributed by atoms with Crippen LogP contribution in [0.3, 0.4) is 0 Å². The number of hydrogen-bond donors (Lipinski definition) is 1. The van der Waals surface area contributed by atoms with Crippen molar-refractivity contribution in [3.8, 4) is 5.75 Å². The van der Waals surface area contributed by atoms with Crippen LogP contribution in [-0.2, 0) is 0 Å². The summed E-state index contributed by atoms with van der Waals surface area (Å²) in [5.41, 5.74) is 1.40. The molecule has 0 atom stereocenters. The molecule has 0 spiro atoms. The number of phenolic OH excluding ortho intramolecular Hbond substituents is 1. The van der Waals surface area contributed by atoms with Crippen LogP contribution in [-0.4, -0.2) is 5.11 Å². The molecule has 2 aromatic carbocycles. The average molecular weight is 300 g/mol. The largest absolute Gasteiger partial charge is 0.507 e. The zero-order chi connectivity index (χ0) is 13.1. The molecular weight excluding hydrogens is 291 g/mol. The molecule has 0 heterocycles. The smallest absolute Gasteiger partial charge is 0.122 e. The number of benzene rings is 2. The molecule has 0 aliphatic carbocycles. The molecule has 2 aromatic rings. The van der Waals surface area contributed by atoms with Crippen LogP contribution in [0, 0.1) is 0 Å². The summed E-state index contributed by atoms with van der Waals surface area (Å²) in [7, 11) is 0. The Morgan fingerprint density at radius 3 is 2.06 bits per heavy atom. The van der Waals surface area contributed by atoms with E-state index >= 15 is 0 Å². The maximum atomic E-state index is 9.67. The normalized spacial score (nSPS) is 11.1. The lowest BCUT2D eigenvalue weighted by molar-refractivity contribution is 0.474. The molecule has 0 aromatic heterocycles. The van der Waals surface area contributed by atoms with Crippen LogP contribution in [0.15, 0.2) is 36.4 Å². The average Bonchev–Trinajstić information content (AvgIpc) is 2.34. The summed E-state index contributed by atoms with van der Waals surface area (Å²) in [5.74, 6) is 0.161. The van der Waals surface area contributed by atoms with Crippen molar-refractivity contribution in [2.45, 2.75) is 0 Å². The van der Waals surface area contributed by atoms with E-state index in [2.05, 4.69) is 0 Å². The monoisotopic (exact) mass is 298 g/mol. The first kappa shape index (κ1) is 13.3. The zero-order valence-electron chi connectivity index (χ0n) is 9.20. The summed E-state index contributed by atoms with van der Waals surface area (Å²) in [5, 5.41) is 11.4. The van der Waals surface area contributed by atoms with E-state index in [4.69, 9.17) is 34.8 Å². The van der Waals surface area contributed by atoms with Crippen LogP contribution in [0.25, 0.3) is 12.2 Å². The Hall–Kier alpha value is -1.15. The number of aromatic hydroxyl groups is 1. The molecule has 0 aliphatic rings. The van der Waals surface area contributed by atoms with E-state index in [9.17, 15) is 5.11 Å². The van der Waals surface area contributed by atoms with E-state index in [0.717, 1.165) is 5.56 Å². The van der Waals surface area contributed by atoms with Gasteiger partial charge in [-0.1, -0.05) is 47.0 Å². The number of halogens is 3. The number of rotatable bonds is 2. The predicted molar refractivity (Wildman–Crippen MR) is 78.5 cm³/mol. The standard InChI is InChI=1S/C14H9Cl3O/c15-11-3-5-13(17)9(7-11)1-2-10-8-12(16)4-6-14(10)18/h1-8,18H/b2-1+. The van der Waals surface area contributed by atoms with E-state index < -0.39 is 0 Å². The molecular formula is C14H9Cl3O. The molecule has 1 nitrogen and oxygen atoms in total. The second-order valence-electron chi connectivity index (χ2n) is 3.70. The second-order valence-corrected chi connectivity index (χ2v) is 4.98. The van der Waals surface area contributed by atoms with E-state index in [1.54, 1.807) is 48.6 Å². The lowest BCUT2D eigenvalue weighted by Gasteiger charge is -2.01. The Labute approximate surface area is 120 Å². The third kappa shape index (κ3) is 3.20. The van der Waals surface area contributed by atoms with E-state index in [1.165, 1.54) is 0 Å². The van der Waals surface area contributed by atoms with Gasteiger partial charge in [-0.3, -0.25) is 0 Å². The van der Waals surface area contributed by atoms with Gasteiger partial charge in [0.15, 0.2) is 0 Å². The highest BCUT2D eigenvalue weighted by molar-refractivity contribution is 6.34. The van der Waals surface area contributed by atoms with Crippen LogP contribution < -0.4 is 0 Å². The van der Waals surface area contributed by atoms with E-state index in [0.29, 0.717) is 20.6 Å². The van der Waals surface area contributed by atoms with Gasteiger partial charge in [0.2, 0.25) is 0 Å². The quantitative estimate of drug-likeness (QED) is 0.724. The Morgan fingerprint density at radius 1 is 0.778 bits per heavy atom. The molecule has 2 rings (SSSR count). The fourth-order valence-electron chi connectivity index (χ4n) is 1.48. The third-order valence-corrected chi connectivity index (χ3v) is 3.20. The fraction of sp³-hybridized carbons (Fsp3) is 0. The van der Waals surface area contributed by atoms with Crippen molar-refractivity contribution in [3.05, 3.63) is 62.6 Å². The van der Waals surface area contributed by atoms with Gasteiger partial charge >= 0.3 is 0 Å². The van der Waals surface area contributed by atoms with Gasteiger partial charge in [-0.15, -0.1) is 0 Å². The minimum absolute atomic E-state index is 0.161. The third-order valence-electron chi connectivity index (χ3n) is 2.39. The van der Waals surface area contributed by atoms with E-state index in [-0.39, 0.29) is 5.75 Å². The summed E-state index contributed by atoms with van der Waals surface area (Å²) < 4.78 is 0. The molecule has 0 bridgehead atoms. The van der Waals surface area contributed by atoms with Crippen LogP contribution in [0.2, 0.25) is 15.1 Å². The highest BCUT2D eigenvalue weighted by Crippen LogP contribution is 2.26. The summed E-state index contributed by atoms with van der Waals surface area (Å²) in [4.78, 5) is 0. The van der Waals surface area contributed by atoms with Crippen LogP contribution >= 0.6 is 34.8 Å². The van der Waals surface area contributed by atoms with Gasteiger partial charge in [0.1, 0.15) is 5.75 Å². The Balaban J connectivity index is 2.35. The van der Waals surface area contributed by atoms with E-state index in [1.807, 2.05) is 0 Å². The number of hydrogen-bond acceptors (Lipinski definition) is 1. The second kappa shape index (κ2) is 5.66. The first-order chi connectivity index (χ1) is 8.56. The molecule has 0 unspecified atom stereocenters. The van der Waals surface area contributed by atoms with Gasteiger partial charge in [-0.05, 0) is 42.0 Å². The minimum Gasteiger partial charge on any atom is -0.507 e. The maximum Gasteiger partial charge on any atom is 0.122 e. The fourth-order valence-corrected chi connectivity index (χ4v) is 2.02. The van der Waals surface area contributed by atoms with Crippen LogP contribution in [0.4, 0.5) is 0 Å². The van der Waals surface area contributed by atoms with Crippen LogP contribution in [0.5, 0.6) is 5.75 Å². The van der Waals surface area contributed by atoms with Gasteiger partial charge < -0.3 is 5.11 Å². The molecule has 0 amide bonds. The first-order valence-electron chi connectivity index (χ1n) is 5.18. The van der Waals surface area contributed by atoms with Gasteiger partial charge in [0, 0.05) is 20.6 Å². The van der Waals surface area contributed by atoms with Crippen molar-refractivity contribution in [1.82, 2.24) is 0 Å². The van der Waals surface area contributed by atoms with Crippen molar-refractivity contribution >= 4 is 47.0 Å². The van der Waals surface area contributed by atoms with Crippen LogP contribution in [0.1, 0.15) is 11.1 Å². The molecule has 92 valence electrons. The first-order valence-corrected chi connectivity index (χ1v) is 6.31. The molecule has 18 heavy (non-hydrogen) atoms. The molecule has 0 saturated carbocycles. The highest BCUT2D eigenvalue weighted by Gasteiger charge is 2.00. The zero-order valence-corrected chi connectivity index (χ0v) is 11.5.